The van der Waals surface area contributed by atoms with Gasteiger partial charge in [0.2, 0.25) is 5.95 Å². The van der Waals surface area contributed by atoms with Crippen molar-refractivity contribution < 1.29 is 31.4 Å². The van der Waals surface area contributed by atoms with E-state index in [-0.39, 0.29) is 26.9 Å². The lowest BCUT2D eigenvalue weighted by atomic mass is 10.0. The van der Waals surface area contributed by atoms with E-state index in [2.05, 4.69) is 15.1 Å². The number of hydrazone groups is 1. The van der Waals surface area contributed by atoms with E-state index in [1.54, 1.807) is 30.5 Å². The molecular weight excluding hydrogens is 458 g/mol. The van der Waals surface area contributed by atoms with E-state index in [4.69, 9.17) is 0 Å². The van der Waals surface area contributed by atoms with E-state index in [9.17, 15) is 31.4 Å². The van der Waals surface area contributed by atoms with Crippen LogP contribution in [0.5, 0.6) is 0 Å². The maximum atomic E-state index is 13.9. The molecule has 0 bridgehead atoms. The number of anilines is 1. The van der Waals surface area contributed by atoms with Crippen molar-refractivity contribution >= 4 is 23.0 Å². The zero-order chi connectivity index (χ0) is 23.3. The van der Waals surface area contributed by atoms with Crippen molar-refractivity contribution in [2.45, 2.75) is 31.4 Å². The van der Waals surface area contributed by atoms with Crippen LogP contribution in [0.1, 0.15) is 23.2 Å². The molecule has 1 aliphatic rings. The Morgan fingerprint density at radius 1 is 1.03 bits per heavy atom. The van der Waals surface area contributed by atoms with Gasteiger partial charge in [0.1, 0.15) is 0 Å². The summed E-state index contributed by atoms with van der Waals surface area (Å²) in [4.78, 5) is 7.44. The maximum absolute atomic E-state index is 13.9. The van der Waals surface area contributed by atoms with Crippen molar-refractivity contribution in [3.8, 4) is 10.6 Å². The second-order valence-electron chi connectivity index (χ2n) is 7.13. The van der Waals surface area contributed by atoms with E-state index >= 15 is 0 Å². The van der Waals surface area contributed by atoms with Gasteiger partial charge in [-0.2, -0.15) is 36.5 Å². The molecule has 0 fully saturated rings. The van der Waals surface area contributed by atoms with Crippen molar-refractivity contribution in [1.29, 1.82) is 0 Å². The SMILES string of the molecule is Cc1ccc(C2=NN(c3nc(-c4cccs4)cc(C(F)(F)F)n3)[C@](O)(C(F)(F)F)C2)cc1. The molecule has 0 saturated carbocycles. The van der Waals surface area contributed by atoms with Crippen molar-refractivity contribution in [1.82, 2.24) is 9.97 Å². The number of alkyl halides is 6. The van der Waals surface area contributed by atoms with Gasteiger partial charge in [-0.05, 0) is 30.0 Å². The third-order valence-corrected chi connectivity index (χ3v) is 5.68. The van der Waals surface area contributed by atoms with E-state index in [0.29, 0.717) is 6.07 Å². The van der Waals surface area contributed by atoms with Crippen LogP contribution in [0.2, 0.25) is 0 Å². The lowest BCUT2D eigenvalue weighted by Gasteiger charge is -2.32. The number of rotatable bonds is 3. The highest BCUT2D eigenvalue weighted by Crippen LogP contribution is 2.44. The Bertz CT molecular complexity index is 1160. The Labute approximate surface area is 181 Å². The van der Waals surface area contributed by atoms with Crippen LogP contribution in [-0.2, 0) is 6.18 Å². The molecule has 3 heterocycles. The summed E-state index contributed by atoms with van der Waals surface area (Å²) < 4.78 is 82.1. The fraction of sp³-hybridized carbons (Fsp3) is 0.250. The fourth-order valence-electron chi connectivity index (χ4n) is 3.11. The second kappa shape index (κ2) is 7.55. The molecule has 1 atom stereocenters. The molecule has 0 radical (unpaired) electrons. The van der Waals surface area contributed by atoms with Crippen LogP contribution in [0.4, 0.5) is 32.3 Å². The molecule has 1 aliphatic heterocycles. The smallest absolute Gasteiger partial charge is 0.362 e. The van der Waals surface area contributed by atoms with Crippen LogP contribution in [0.15, 0.2) is 52.9 Å². The van der Waals surface area contributed by atoms with E-state index in [0.717, 1.165) is 16.9 Å². The van der Waals surface area contributed by atoms with Gasteiger partial charge in [0.25, 0.3) is 5.72 Å². The monoisotopic (exact) mass is 472 g/mol. The molecule has 1 aromatic carbocycles. The summed E-state index contributed by atoms with van der Waals surface area (Å²) in [6.45, 7) is 1.78. The lowest BCUT2D eigenvalue weighted by molar-refractivity contribution is -0.254. The molecule has 168 valence electrons. The first kappa shape index (κ1) is 22.2. The third kappa shape index (κ3) is 3.95. The Balaban J connectivity index is 1.89. The summed E-state index contributed by atoms with van der Waals surface area (Å²) in [7, 11) is 0. The van der Waals surface area contributed by atoms with Gasteiger partial charge in [0.15, 0.2) is 5.69 Å². The molecule has 2 aromatic heterocycles. The number of benzene rings is 1. The Hall–Kier alpha value is -2.99. The van der Waals surface area contributed by atoms with Crippen LogP contribution in [0.25, 0.3) is 10.6 Å². The molecule has 5 nitrogen and oxygen atoms in total. The number of aliphatic hydroxyl groups is 1. The van der Waals surface area contributed by atoms with Gasteiger partial charge < -0.3 is 5.11 Å². The zero-order valence-electron chi connectivity index (χ0n) is 16.2. The number of hydrogen-bond donors (Lipinski definition) is 1. The van der Waals surface area contributed by atoms with Crippen LogP contribution in [0.3, 0.4) is 0 Å². The van der Waals surface area contributed by atoms with Crippen LogP contribution in [-0.4, -0.2) is 32.7 Å². The normalized spacial score (nSPS) is 19.4. The fourth-order valence-corrected chi connectivity index (χ4v) is 3.79. The average molecular weight is 472 g/mol. The molecule has 1 N–H and O–H groups in total. The van der Waals surface area contributed by atoms with E-state index in [1.165, 1.54) is 18.2 Å². The number of thiophene rings is 1. The molecule has 0 spiro atoms. The third-order valence-electron chi connectivity index (χ3n) is 4.79. The Morgan fingerprint density at radius 3 is 2.28 bits per heavy atom. The van der Waals surface area contributed by atoms with Gasteiger partial charge in [-0.3, -0.25) is 0 Å². The van der Waals surface area contributed by atoms with Crippen molar-refractivity contribution in [3.05, 3.63) is 64.7 Å². The minimum atomic E-state index is -5.26. The number of aromatic nitrogens is 2. The van der Waals surface area contributed by atoms with E-state index < -0.39 is 36.1 Å². The maximum Gasteiger partial charge on any atom is 0.438 e. The molecule has 32 heavy (non-hydrogen) atoms. The first-order valence-corrected chi connectivity index (χ1v) is 10.0. The Kier molecular flexibility index (Phi) is 5.24. The first-order chi connectivity index (χ1) is 14.9. The second-order valence-corrected chi connectivity index (χ2v) is 8.08. The largest absolute Gasteiger partial charge is 0.438 e. The summed E-state index contributed by atoms with van der Waals surface area (Å²) in [6.07, 6.45) is -11.2. The molecule has 0 amide bonds. The average Bonchev–Trinajstić information content (AvgIpc) is 3.36. The molecule has 12 heteroatoms. The predicted octanol–water partition coefficient (Wildman–Crippen LogP) is 5.40. The topological polar surface area (TPSA) is 61.6 Å². The molecule has 3 aromatic rings. The minimum absolute atomic E-state index is 0.0224. The standard InChI is InChI=1S/C20H14F6N4OS/c1-11-4-6-12(7-5-11)14-10-18(31,20(24,25)26)30(29-14)17-27-13(15-3-2-8-32-15)9-16(28-17)19(21,22)23/h2-9,31H,10H2,1H3/t18-/m1/s1. The van der Waals surface area contributed by atoms with Gasteiger partial charge in [0, 0.05) is 0 Å². The van der Waals surface area contributed by atoms with Crippen molar-refractivity contribution in [3.63, 3.8) is 0 Å². The summed E-state index contributed by atoms with van der Waals surface area (Å²) in [5.41, 5.74) is -4.34. The number of nitrogens with zero attached hydrogens (tertiary/aromatic N) is 4. The van der Waals surface area contributed by atoms with Gasteiger partial charge in [-0.15, -0.1) is 11.3 Å². The molecular formula is C20H14F6N4OS. The highest BCUT2D eigenvalue weighted by molar-refractivity contribution is 7.13. The number of aryl methyl sites for hydroxylation is 1. The zero-order valence-corrected chi connectivity index (χ0v) is 17.1. The first-order valence-electron chi connectivity index (χ1n) is 9.12. The van der Waals surface area contributed by atoms with Crippen molar-refractivity contribution in [2.75, 3.05) is 5.01 Å². The van der Waals surface area contributed by atoms with Gasteiger partial charge in [-0.1, -0.05) is 35.9 Å². The quantitative estimate of drug-likeness (QED) is 0.519. The molecule has 0 aliphatic carbocycles. The highest BCUT2D eigenvalue weighted by atomic mass is 32.1. The molecule has 0 unspecified atom stereocenters. The van der Waals surface area contributed by atoms with Gasteiger partial charge in [0.05, 0.1) is 22.7 Å². The Morgan fingerprint density at radius 2 is 1.72 bits per heavy atom. The number of hydrogen-bond acceptors (Lipinski definition) is 6. The van der Waals surface area contributed by atoms with E-state index in [1.807, 2.05) is 0 Å². The molecule has 4 rings (SSSR count). The minimum Gasteiger partial charge on any atom is -0.362 e. The summed E-state index contributed by atoms with van der Waals surface area (Å²) in [5.74, 6) is -1.01. The number of halogens is 6. The van der Waals surface area contributed by atoms with Gasteiger partial charge in [-0.25, -0.2) is 9.97 Å². The van der Waals surface area contributed by atoms with Gasteiger partial charge >= 0.3 is 12.4 Å². The predicted molar refractivity (Wildman–Crippen MR) is 106 cm³/mol. The van der Waals surface area contributed by atoms with Crippen LogP contribution in [0, 0.1) is 6.92 Å². The highest BCUT2D eigenvalue weighted by Gasteiger charge is 2.63. The summed E-state index contributed by atoms with van der Waals surface area (Å²) >= 11 is 1.05. The lowest BCUT2D eigenvalue weighted by Crippen LogP contribution is -2.55. The van der Waals surface area contributed by atoms with Crippen molar-refractivity contribution in [2.24, 2.45) is 5.10 Å². The van der Waals surface area contributed by atoms with Crippen LogP contribution < -0.4 is 5.01 Å². The summed E-state index contributed by atoms with van der Waals surface area (Å²) in [6, 6.07) is 9.98. The van der Waals surface area contributed by atoms with Crippen LogP contribution >= 0.6 is 11.3 Å². The summed E-state index contributed by atoms with van der Waals surface area (Å²) in [5, 5.41) is 16.0. The molecule has 0 saturated heterocycles.